The third-order valence-electron chi connectivity index (χ3n) is 5.95. The van der Waals surface area contributed by atoms with Gasteiger partial charge in [-0.2, -0.15) is 4.31 Å². The van der Waals surface area contributed by atoms with E-state index < -0.39 is 15.4 Å². The maximum absolute atomic E-state index is 13.0. The first-order chi connectivity index (χ1) is 14.6. The Morgan fingerprint density at radius 3 is 2.13 bits per heavy atom. The van der Waals surface area contributed by atoms with E-state index in [1.165, 1.54) is 16.4 Å². The van der Waals surface area contributed by atoms with Crippen molar-refractivity contribution in [2.75, 3.05) is 13.1 Å². The number of piperidine rings is 1. The number of sulfonamides is 1. The van der Waals surface area contributed by atoms with Crippen molar-refractivity contribution >= 4 is 15.9 Å². The molecule has 2 aromatic rings. The predicted molar refractivity (Wildman–Crippen MR) is 119 cm³/mol. The maximum atomic E-state index is 13.0. The molecule has 1 saturated heterocycles. The Bertz CT molecular complexity index is 994. The smallest absolute Gasteiger partial charge is 0.243 e. The molecule has 1 amide bonds. The molecular formula is C24H31FN2O3S. The molecule has 0 spiro atoms. The molecule has 3 rings (SSSR count). The topological polar surface area (TPSA) is 66.5 Å². The van der Waals surface area contributed by atoms with Crippen molar-refractivity contribution in [3.05, 3.63) is 65.5 Å². The summed E-state index contributed by atoms with van der Waals surface area (Å²) in [5.74, 6) is 0.0912. The number of nitrogens with one attached hydrogen (secondary N) is 1. The van der Waals surface area contributed by atoms with Gasteiger partial charge in [-0.1, -0.05) is 45.0 Å². The molecule has 0 bridgehead atoms. The molecule has 1 aliphatic heterocycles. The minimum absolute atomic E-state index is 0.105. The molecule has 1 fully saturated rings. The molecule has 1 N–H and O–H groups in total. The molecule has 168 valence electrons. The molecule has 5 nitrogen and oxygen atoms in total. The summed E-state index contributed by atoms with van der Waals surface area (Å²) in [4.78, 5) is 13.1. The Morgan fingerprint density at radius 1 is 1.03 bits per heavy atom. The lowest BCUT2D eigenvalue weighted by atomic mass is 9.80. The fourth-order valence-electron chi connectivity index (χ4n) is 3.86. The van der Waals surface area contributed by atoms with Gasteiger partial charge in [-0.3, -0.25) is 4.79 Å². The Hall–Kier alpha value is -2.25. The molecule has 0 atom stereocenters. The number of amides is 1. The molecule has 0 aliphatic carbocycles. The molecule has 0 aromatic heterocycles. The highest BCUT2D eigenvalue weighted by Crippen LogP contribution is 2.33. The van der Waals surface area contributed by atoms with Crippen LogP contribution in [0.15, 0.2) is 53.4 Å². The zero-order valence-corrected chi connectivity index (χ0v) is 19.2. The number of hydrogen-bond acceptors (Lipinski definition) is 3. The highest BCUT2D eigenvalue weighted by molar-refractivity contribution is 7.89. The van der Waals surface area contributed by atoms with Crippen LogP contribution >= 0.6 is 0 Å². The summed E-state index contributed by atoms with van der Waals surface area (Å²) in [7, 11) is -3.58. The first-order valence-corrected chi connectivity index (χ1v) is 12.2. The summed E-state index contributed by atoms with van der Waals surface area (Å²) >= 11 is 0. The first-order valence-electron chi connectivity index (χ1n) is 10.7. The Balaban J connectivity index is 1.59. The van der Waals surface area contributed by atoms with Gasteiger partial charge in [0.25, 0.3) is 0 Å². The van der Waals surface area contributed by atoms with Crippen molar-refractivity contribution in [2.24, 2.45) is 11.3 Å². The van der Waals surface area contributed by atoms with Crippen LogP contribution in [0, 0.1) is 17.2 Å². The summed E-state index contributed by atoms with van der Waals surface area (Å²) in [5.41, 5.74) is 1.31. The van der Waals surface area contributed by atoms with Gasteiger partial charge < -0.3 is 5.32 Å². The molecule has 0 radical (unpaired) electrons. The number of carbonyl (C=O) groups excluding carboxylic acids is 1. The van der Waals surface area contributed by atoms with E-state index in [4.69, 9.17) is 0 Å². The minimum atomic E-state index is -3.58. The maximum Gasteiger partial charge on any atom is 0.243 e. The van der Waals surface area contributed by atoms with Crippen LogP contribution < -0.4 is 5.32 Å². The standard InChI is InChI=1S/C24H31FN2O3S/c1-18(2)16-19-6-10-22(11-7-19)31(29,30)27-14-12-24(3,13-15-27)23(28)26-17-20-4-8-21(25)9-5-20/h4-11,18H,12-17H2,1-3H3,(H,26,28). The third-order valence-corrected chi connectivity index (χ3v) is 7.86. The molecule has 2 aromatic carbocycles. The molecule has 0 unspecified atom stereocenters. The minimum Gasteiger partial charge on any atom is -0.352 e. The SMILES string of the molecule is CC(C)Cc1ccc(S(=O)(=O)N2CCC(C)(C(=O)NCc3ccc(F)cc3)CC2)cc1. The van der Waals surface area contributed by atoms with Crippen molar-refractivity contribution < 1.29 is 17.6 Å². The van der Waals surface area contributed by atoms with Crippen LogP contribution in [0.4, 0.5) is 4.39 Å². The van der Waals surface area contributed by atoms with Crippen molar-refractivity contribution in [3.8, 4) is 0 Å². The van der Waals surface area contributed by atoms with Gasteiger partial charge in [0.1, 0.15) is 5.82 Å². The van der Waals surface area contributed by atoms with E-state index in [-0.39, 0.29) is 11.7 Å². The average Bonchev–Trinajstić information content (AvgIpc) is 2.73. The quantitative estimate of drug-likeness (QED) is 0.695. The number of nitrogens with zero attached hydrogens (tertiary/aromatic N) is 1. The Morgan fingerprint density at radius 2 is 1.58 bits per heavy atom. The lowest BCUT2D eigenvalue weighted by Gasteiger charge is -2.37. The van der Waals surface area contributed by atoms with Gasteiger partial charge in [0.2, 0.25) is 15.9 Å². The van der Waals surface area contributed by atoms with E-state index in [0.717, 1.165) is 17.5 Å². The second-order valence-corrected chi connectivity index (χ2v) is 11.0. The van der Waals surface area contributed by atoms with E-state index in [1.807, 2.05) is 19.1 Å². The molecular weight excluding hydrogens is 415 g/mol. The van der Waals surface area contributed by atoms with Gasteiger partial charge in [-0.15, -0.1) is 0 Å². The van der Waals surface area contributed by atoms with Crippen molar-refractivity contribution in [3.63, 3.8) is 0 Å². The van der Waals surface area contributed by atoms with Crippen molar-refractivity contribution in [1.29, 1.82) is 0 Å². The van der Waals surface area contributed by atoms with Gasteiger partial charge in [-0.25, -0.2) is 12.8 Å². The van der Waals surface area contributed by atoms with Crippen LogP contribution in [-0.2, 0) is 27.8 Å². The summed E-state index contributed by atoms with van der Waals surface area (Å²) in [5, 5.41) is 2.91. The highest BCUT2D eigenvalue weighted by atomic mass is 32.2. The van der Waals surface area contributed by atoms with E-state index >= 15 is 0 Å². The van der Waals surface area contributed by atoms with Gasteiger partial charge >= 0.3 is 0 Å². The Labute approximate surface area is 184 Å². The summed E-state index contributed by atoms with van der Waals surface area (Å²) in [6.07, 6.45) is 1.81. The molecule has 31 heavy (non-hydrogen) atoms. The number of rotatable bonds is 7. The molecule has 0 saturated carbocycles. The van der Waals surface area contributed by atoms with Gasteiger partial charge in [0.15, 0.2) is 0 Å². The summed E-state index contributed by atoms with van der Waals surface area (Å²) in [6.45, 7) is 7.06. The number of benzene rings is 2. The van der Waals surface area contributed by atoms with Crippen LogP contribution in [0.5, 0.6) is 0 Å². The van der Waals surface area contributed by atoms with Gasteiger partial charge in [0, 0.05) is 25.0 Å². The van der Waals surface area contributed by atoms with Crippen LogP contribution in [0.2, 0.25) is 0 Å². The number of carbonyl (C=O) groups is 1. The van der Waals surface area contributed by atoms with Crippen LogP contribution in [0.1, 0.15) is 44.7 Å². The molecule has 7 heteroatoms. The monoisotopic (exact) mass is 446 g/mol. The van der Waals surface area contributed by atoms with E-state index in [0.29, 0.717) is 43.3 Å². The summed E-state index contributed by atoms with van der Waals surface area (Å²) < 4.78 is 40.6. The zero-order chi connectivity index (χ0) is 22.6. The second kappa shape index (κ2) is 9.49. The predicted octanol–water partition coefficient (Wildman–Crippen LogP) is 4.13. The first kappa shape index (κ1) is 23.4. The Kier molecular flexibility index (Phi) is 7.17. The fourth-order valence-corrected chi connectivity index (χ4v) is 5.30. The number of hydrogen-bond donors (Lipinski definition) is 1. The third kappa shape index (κ3) is 5.71. The fraction of sp³-hybridized carbons (Fsp3) is 0.458. The normalized spacial score (nSPS) is 16.9. The molecule has 1 heterocycles. The van der Waals surface area contributed by atoms with E-state index in [1.54, 1.807) is 24.3 Å². The van der Waals surface area contributed by atoms with Crippen LogP contribution in [0.3, 0.4) is 0 Å². The largest absolute Gasteiger partial charge is 0.352 e. The highest BCUT2D eigenvalue weighted by Gasteiger charge is 2.40. The lowest BCUT2D eigenvalue weighted by molar-refractivity contribution is -0.132. The van der Waals surface area contributed by atoms with Gasteiger partial charge in [0.05, 0.1) is 4.90 Å². The summed E-state index contributed by atoms with van der Waals surface area (Å²) in [6, 6.07) is 13.1. The second-order valence-electron chi connectivity index (χ2n) is 9.02. The van der Waals surface area contributed by atoms with E-state index in [2.05, 4.69) is 19.2 Å². The van der Waals surface area contributed by atoms with Crippen LogP contribution in [-0.4, -0.2) is 31.7 Å². The van der Waals surface area contributed by atoms with Crippen molar-refractivity contribution in [2.45, 2.75) is 51.5 Å². The van der Waals surface area contributed by atoms with Crippen molar-refractivity contribution in [1.82, 2.24) is 9.62 Å². The lowest BCUT2D eigenvalue weighted by Crippen LogP contribution is -2.48. The van der Waals surface area contributed by atoms with Gasteiger partial charge in [-0.05, 0) is 60.6 Å². The molecule has 1 aliphatic rings. The average molecular weight is 447 g/mol. The van der Waals surface area contributed by atoms with Crippen LogP contribution in [0.25, 0.3) is 0 Å². The number of halogens is 1. The van der Waals surface area contributed by atoms with E-state index in [9.17, 15) is 17.6 Å². The zero-order valence-electron chi connectivity index (χ0n) is 18.4.